The van der Waals surface area contributed by atoms with E-state index in [-0.39, 0.29) is 0 Å². The summed E-state index contributed by atoms with van der Waals surface area (Å²) in [5.74, 6) is 4.21. The molecule has 3 heteroatoms. The Hall–Kier alpha value is -0.880. The molecule has 0 spiro atoms. The number of fused-ring (bicyclic) bond motifs is 1. The minimum atomic E-state index is 1.18. The van der Waals surface area contributed by atoms with Crippen molar-refractivity contribution in [1.82, 2.24) is 9.38 Å². The molecule has 0 unspecified atom stereocenters. The molecule has 0 saturated heterocycles. The first kappa shape index (κ1) is 4.95. The number of hydrogen-bond donors (Lipinski definition) is 0. The molecule has 0 saturated carbocycles. The van der Waals surface area contributed by atoms with Gasteiger partial charge in [0, 0.05) is 18.3 Å². The molecule has 0 aromatic carbocycles. The Morgan fingerprint density at radius 3 is 3.44 bits per heavy atom. The molecule has 0 atom stereocenters. The maximum atomic E-state index is 3.98. The van der Waals surface area contributed by atoms with Crippen LogP contribution in [0.25, 0.3) is 5.52 Å². The number of rotatable bonds is 0. The van der Waals surface area contributed by atoms with E-state index in [9.17, 15) is 0 Å². The third-order valence-electron chi connectivity index (χ3n) is 1.22. The van der Waals surface area contributed by atoms with E-state index < -0.39 is 0 Å². The second kappa shape index (κ2) is 1.82. The van der Waals surface area contributed by atoms with Gasteiger partial charge in [0.25, 0.3) is 0 Å². The van der Waals surface area contributed by atoms with E-state index in [0.717, 1.165) is 0 Å². The van der Waals surface area contributed by atoms with Crippen molar-refractivity contribution in [2.45, 2.75) is 0 Å². The lowest BCUT2D eigenvalue weighted by molar-refractivity contribution is 1.15. The molecule has 0 bridgehead atoms. The van der Waals surface area contributed by atoms with Crippen LogP contribution < -0.4 is 0 Å². The highest BCUT2D eigenvalue weighted by Crippen LogP contribution is 2.10. The monoisotopic (exact) mass is 136 g/mol. The van der Waals surface area contributed by atoms with Crippen molar-refractivity contribution in [3.63, 3.8) is 0 Å². The molecule has 44 valence electrons. The van der Waals surface area contributed by atoms with E-state index in [0.29, 0.717) is 0 Å². The summed E-state index contributed by atoms with van der Waals surface area (Å²) in [6, 6.07) is 0. The van der Waals surface area contributed by atoms with E-state index in [2.05, 4.69) is 21.1 Å². The van der Waals surface area contributed by atoms with E-state index in [1.165, 1.54) is 13.7 Å². The Labute approximate surface area is 54.3 Å². The van der Waals surface area contributed by atoms with Gasteiger partial charge in [0.1, 0.15) is 0 Å². The van der Waals surface area contributed by atoms with E-state index in [4.69, 9.17) is 0 Å². The SMILES string of the molecule is c1cn2cpcc2cn1. The molecule has 0 radical (unpaired) electrons. The van der Waals surface area contributed by atoms with E-state index in [1.54, 1.807) is 6.20 Å². The van der Waals surface area contributed by atoms with Crippen LogP contribution in [0, 0.1) is 0 Å². The highest BCUT2D eigenvalue weighted by atomic mass is 31.0. The Balaban J connectivity index is 2.95. The van der Waals surface area contributed by atoms with Gasteiger partial charge in [-0.1, -0.05) is 8.19 Å². The highest BCUT2D eigenvalue weighted by Gasteiger charge is 1.85. The summed E-state index contributed by atoms with van der Waals surface area (Å²) < 4.78 is 2.06. The lowest BCUT2D eigenvalue weighted by Crippen LogP contribution is -1.79. The molecule has 2 rings (SSSR count). The summed E-state index contributed by atoms with van der Waals surface area (Å²) in [6.07, 6.45) is 5.59. The van der Waals surface area contributed by atoms with Crippen LogP contribution in [-0.4, -0.2) is 9.38 Å². The molecule has 2 nitrogen and oxygen atoms in total. The molecule has 2 aromatic heterocycles. The average Bonchev–Trinajstić information content (AvgIpc) is 2.33. The van der Waals surface area contributed by atoms with Gasteiger partial charge in [0.15, 0.2) is 0 Å². The van der Waals surface area contributed by atoms with Gasteiger partial charge in [-0.25, -0.2) is 0 Å². The summed E-state index contributed by atoms with van der Waals surface area (Å²) in [6.45, 7) is 0. The van der Waals surface area contributed by atoms with E-state index >= 15 is 0 Å². The number of hydrogen-bond acceptors (Lipinski definition) is 1. The Kier molecular flexibility index (Phi) is 0.998. The maximum Gasteiger partial charge on any atom is 0.0683 e. The minimum Gasteiger partial charge on any atom is -0.316 e. The van der Waals surface area contributed by atoms with Gasteiger partial charge in [-0.15, -0.1) is 0 Å². The average molecular weight is 136 g/mol. The van der Waals surface area contributed by atoms with Crippen LogP contribution in [-0.2, 0) is 0 Å². The van der Waals surface area contributed by atoms with Gasteiger partial charge >= 0.3 is 0 Å². The predicted molar refractivity (Wildman–Crippen MR) is 37.7 cm³/mol. The zero-order chi connectivity index (χ0) is 6.10. The molecule has 0 aliphatic rings. The van der Waals surface area contributed by atoms with Gasteiger partial charge in [-0.2, -0.15) is 0 Å². The van der Waals surface area contributed by atoms with Crippen LogP contribution in [0.3, 0.4) is 0 Å². The second-order valence-corrected chi connectivity index (χ2v) is 2.59. The zero-order valence-corrected chi connectivity index (χ0v) is 5.62. The van der Waals surface area contributed by atoms with Crippen molar-refractivity contribution in [1.29, 1.82) is 0 Å². The van der Waals surface area contributed by atoms with Crippen molar-refractivity contribution in [2.75, 3.05) is 0 Å². The van der Waals surface area contributed by atoms with Gasteiger partial charge in [0.2, 0.25) is 0 Å². The molecule has 2 aromatic rings. The van der Waals surface area contributed by atoms with Gasteiger partial charge < -0.3 is 4.40 Å². The van der Waals surface area contributed by atoms with Crippen molar-refractivity contribution in [2.24, 2.45) is 0 Å². The van der Waals surface area contributed by atoms with E-state index in [1.807, 2.05) is 12.4 Å². The summed E-state index contributed by atoms with van der Waals surface area (Å²) in [4.78, 5) is 3.98. The highest BCUT2D eigenvalue weighted by molar-refractivity contribution is 7.28. The van der Waals surface area contributed by atoms with Gasteiger partial charge in [-0.05, 0) is 5.80 Å². The van der Waals surface area contributed by atoms with Crippen molar-refractivity contribution >= 4 is 13.7 Å². The lowest BCUT2D eigenvalue weighted by Gasteiger charge is -1.87. The minimum absolute atomic E-state index is 1.18. The quantitative estimate of drug-likeness (QED) is 0.540. The second-order valence-electron chi connectivity index (χ2n) is 1.80. The van der Waals surface area contributed by atoms with Crippen molar-refractivity contribution < 1.29 is 0 Å². The third kappa shape index (κ3) is 0.718. The summed E-state index contributed by atoms with van der Waals surface area (Å²) in [5, 5.41) is 0. The standard InChI is InChI=1S/C6H5N2P/c1-2-8-5-9-4-6(8)3-7-1/h1-5H. The Morgan fingerprint density at radius 1 is 1.56 bits per heavy atom. The Bertz CT molecular complexity index is 285. The molecule has 2 heterocycles. The normalized spacial score (nSPS) is 11.1. The Morgan fingerprint density at radius 2 is 2.56 bits per heavy atom. The molecule has 0 amide bonds. The fourth-order valence-corrected chi connectivity index (χ4v) is 1.54. The summed E-state index contributed by atoms with van der Waals surface area (Å²) >= 11 is 0. The topological polar surface area (TPSA) is 17.3 Å². The third-order valence-corrected chi connectivity index (χ3v) is 2.01. The first-order valence-electron chi connectivity index (χ1n) is 2.68. The van der Waals surface area contributed by atoms with Crippen LogP contribution in [0.15, 0.2) is 30.3 Å². The molecule has 0 aliphatic heterocycles. The molecular formula is C6H5N2P. The smallest absolute Gasteiger partial charge is 0.0683 e. The molecule has 0 N–H and O–H groups in total. The number of nitrogens with zero attached hydrogens (tertiary/aromatic N) is 2. The van der Waals surface area contributed by atoms with Crippen molar-refractivity contribution in [3.05, 3.63) is 30.3 Å². The number of aromatic nitrogens is 2. The summed E-state index contributed by atoms with van der Waals surface area (Å²) in [7, 11) is 1.25. The van der Waals surface area contributed by atoms with Crippen molar-refractivity contribution in [3.8, 4) is 0 Å². The van der Waals surface area contributed by atoms with Crippen LogP contribution in [0.5, 0.6) is 0 Å². The summed E-state index contributed by atoms with van der Waals surface area (Å²) in [5.41, 5.74) is 1.18. The first-order valence-corrected chi connectivity index (χ1v) is 3.72. The van der Waals surface area contributed by atoms with Crippen LogP contribution in [0.4, 0.5) is 0 Å². The largest absolute Gasteiger partial charge is 0.316 e. The van der Waals surface area contributed by atoms with Crippen LogP contribution >= 0.6 is 8.19 Å². The zero-order valence-electron chi connectivity index (χ0n) is 4.73. The predicted octanol–water partition coefficient (Wildman–Crippen LogP) is 1.91. The van der Waals surface area contributed by atoms with Crippen LogP contribution in [0.2, 0.25) is 0 Å². The van der Waals surface area contributed by atoms with Gasteiger partial charge in [-0.3, -0.25) is 4.98 Å². The maximum absolute atomic E-state index is 3.98. The van der Waals surface area contributed by atoms with Crippen LogP contribution in [0.1, 0.15) is 0 Å². The lowest BCUT2D eigenvalue weighted by atomic mass is 10.6. The molecule has 0 aliphatic carbocycles. The fraction of sp³-hybridized carbons (Fsp3) is 0. The molecular weight excluding hydrogens is 131 g/mol. The molecule has 9 heavy (non-hydrogen) atoms. The first-order chi connectivity index (χ1) is 4.47. The van der Waals surface area contributed by atoms with Gasteiger partial charge in [0.05, 0.1) is 11.7 Å². The molecule has 0 fully saturated rings. The fourth-order valence-electron chi connectivity index (χ4n) is 0.769.